The molecule has 0 N–H and O–H groups in total. The Morgan fingerprint density at radius 2 is 2.13 bits per heavy atom. The highest BCUT2D eigenvalue weighted by Crippen LogP contribution is 2.24. The van der Waals surface area contributed by atoms with Crippen molar-refractivity contribution in [2.24, 2.45) is 0 Å². The van der Waals surface area contributed by atoms with Crippen molar-refractivity contribution in [1.82, 2.24) is 0 Å². The summed E-state index contributed by atoms with van der Waals surface area (Å²) >= 11 is 7.05. The Morgan fingerprint density at radius 1 is 1.40 bits per heavy atom. The number of carbonyl (C=O) groups is 1. The minimum Gasteiger partial charge on any atom is -0.281 e. The van der Waals surface area contributed by atoms with Crippen LogP contribution >= 0.6 is 23.4 Å². The fourth-order valence-corrected chi connectivity index (χ4v) is 2.45. The number of hydrogen-bond donors (Lipinski definition) is 0. The molecule has 0 unspecified atom stereocenters. The fraction of sp³-hybridized carbons (Fsp3) is 0.417. The third kappa shape index (κ3) is 4.72. The van der Waals surface area contributed by atoms with Gasteiger partial charge in [-0.05, 0) is 49.3 Å². The van der Waals surface area contributed by atoms with E-state index in [0.29, 0.717) is 6.42 Å². The Balaban J connectivity index is 2.40. The van der Waals surface area contributed by atoms with Crippen LogP contribution in [0, 0.1) is 13.8 Å². The zero-order chi connectivity index (χ0) is 11.3. The molecule has 0 saturated heterocycles. The third-order valence-electron chi connectivity index (χ3n) is 2.11. The maximum Gasteiger partial charge on any atom is 0.221 e. The first-order valence-corrected chi connectivity index (χ1v) is 6.34. The van der Waals surface area contributed by atoms with E-state index in [1.165, 1.54) is 16.0 Å². The van der Waals surface area contributed by atoms with E-state index in [-0.39, 0.29) is 5.24 Å². The van der Waals surface area contributed by atoms with Gasteiger partial charge in [-0.1, -0.05) is 17.7 Å². The van der Waals surface area contributed by atoms with Crippen LogP contribution in [0.2, 0.25) is 0 Å². The molecular formula is C12H15ClOS. The summed E-state index contributed by atoms with van der Waals surface area (Å²) in [6, 6.07) is 6.43. The van der Waals surface area contributed by atoms with E-state index < -0.39 is 0 Å². The average molecular weight is 243 g/mol. The molecule has 0 spiro atoms. The molecule has 1 aromatic rings. The Labute approximate surface area is 100 Å². The Morgan fingerprint density at radius 3 is 2.73 bits per heavy atom. The predicted octanol–water partition coefficient (Wildman–Crippen LogP) is 3.94. The van der Waals surface area contributed by atoms with Gasteiger partial charge >= 0.3 is 0 Å². The van der Waals surface area contributed by atoms with Gasteiger partial charge in [0.2, 0.25) is 5.24 Å². The number of carbonyl (C=O) groups excluding carboxylic acids is 1. The van der Waals surface area contributed by atoms with Crippen LogP contribution in [0.4, 0.5) is 0 Å². The quantitative estimate of drug-likeness (QED) is 0.442. The van der Waals surface area contributed by atoms with Crippen molar-refractivity contribution >= 4 is 28.6 Å². The lowest BCUT2D eigenvalue weighted by molar-refractivity contribution is -0.111. The molecule has 0 aliphatic heterocycles. The molecule has 0 saturated carbocycles. The van der Waals surface area contributed by atoms with Gasteiger partial charge in [0.05, 0.1) is 0 Å². The zero-order valence-electron chi connectivity index (χ0n) is 9.05. The van der Waals surface area contributed by atoms with Gasteiger partial charge in [0, 0.05) is 11.3 Å². The summed E-state index contributed by atoms with van der Waals surface area (Å²) in [6.07, 6.45) is 1.32. The molecule has 1 rings (SSSR count). The minimum absolute atomic E-state index is 0.240. The molecule has 0 aromatic heterocycles. The molecule has 0 radical (unpaired) electrons. The van der Waals surface area contributed by atoms with Crippen molar-refractivity contribution < 1.29 is 4.79 Å². The van der Waals surface area contributed by atoms with Crippen LogP contribution in [0.1, 0.15) is 24.0 Å². The van der Waals surface area contributed by atoms with E-state index >= 15 is 0 Å². The lowest BCUT2D eigenvalue weighted by atomic mass is 10.2. The van der Waals surface area contributed by atoms with Crippen LogP contribution in [0.5, 0.6) is 0 Å². The summed E-state index contributed by atoms with van der Waals surface area (Å²) in [5.41, 5.74) is 2.59. The Hall–Kier alpha value is -0.470. The van der Waals surface area contributed by atoms with Gasteiger partial charge in [-0.25, -0.2) is 0 Å². The number of benzene rings is 1. The van der Waals surface area contributed by atoms with Crippen LogP contribution in [-0.4, -0.2) is 11.0 Å². The first kappa shape index (κ1) is 12.6. The lowest BCUT2D eigenvalue weighted by Gasteiger charge is -2.05. The summed E-state index contributed by atoms with van der Waals surface area (Å²) < 4.78 is 0. The molecule has 0 heterocycles. The largest absolute Gasteiger partial charge is 0.281 e. The highest BCUT2D eigenvalue weighted by atomic mass is 35.5. The number of hydrogen-bond acceptors (Lipinski definition) is 2. The van der Waals surface area contributed by atoms with E-state index in [9.17, 15) is 4.79 Å². The van der Waals surface area contributed by atoms with Crippen molar-refractivity contribution in [2.75, 3.05) is 5.75 Å². The van der Waals surface area contributed by atoms with E-state index in [2.05, 4.69) is 32.0 Å². The van der Waals surface area contributed by atoms with Gasteiger partial charge in [-0.15, -0.1) is 11.8 Å². The standard InChI is InChI=1S/C12H15ClOS/c1-9-5-6-11(10(2)8-9)15-7-3-4-12(13)14/h5-6,8H,3-4,7H2,1-2H3. The molecule has 1 nitrogen and oxygen atoms in total. The van der Waals surface area contributed by atoms with E-state index in [1.54, 1.807) is 11.8 Å². The van der Waals surface area contributed by atoms with Gasteiger partial charge in [0.15, 0.2) is 0 Å². The van der Waals surface area contributed by atoms with Crippen molar-refractivity contribution in [3.05, 3.63) is 29.3 Å². The van der Waals surface area contributed by atoms with E-state index in [0.717, 1.165) is 12.2 Å². The van der Waals surface area contributed by atoms with E-state index in [1.807, 2.05) is 0 Å². The summed E-state index contributed by atoms with van der Waals surface area (Å²) in [4.78, 5) is 11.8. The number of aryl methyl sites for hydroxylation is 2. The minimum atomic E-state index is -0.240. The van der Waals surface area contributed by atoms with Gasteiger partial charge in [0.25, 0.3) is 0 Å². The molecular weight excluding hydrogens is 228 g/mol. The molecule has 0 aliphatic rings. The monoisotopic (exact) mass is 242 g/mol. The molecule has 3 heteroatoms. The smallest absolute Gasteiger partial charge is 0.221 e. The van der Waals surface area contributed by atoms with Crippen LogP contribution in [0.15, 0.2) is 23.1 Å². The summed E-state index contributed by atoms with van der Waals surface area (Å²) in [6.45, 7) is 4.20. The number of thioether (sulfide) groups is 1. The fourth-order valence-electron chi connectivity index (χ4n) is 1.35. The maximum absolute atomic E-state index is 10.5. The third-order valence-corrected chi connectivity index (χ3v) is 3.56. The second-order valence-electron chi connectivity index (χ2n) is 3.58. The molecule has 82 valence electrons. The molecule has 0 fully saturated rings. The molecule has 1 aromatic carbocycles. The summed E-state index contributed by atoms with van der Waals surface area (Å²) in [5.74, 6) is 0.947. The highest BCUT2D eigenvalue weighted by Gasteiger charge is 2.00. The molecule has 0 amide bonds. The normalized spacial score (nSPS) is 10.3. The van der Waals surface area contributed by atoms with Crippen molar-refractivity contribution in [3.8, 4) is 0 Å². The predicted molar refractivity (Wildman–Crippen MR) is 66.7 cm³/mol. The number of halogens is 1. The topological polar surface area (TPSA) is 17.1 Å². The zero-order valence-corrected chi connectivity index (χ0v) is 10.6. The second kappa shape index (κ2) is 6.19. The first-order chi connectivity index (χ1) is 7.09. The maximum atomic E-state index is 10.5. The Bertz CT molecular complexity index is 349. The summed E-state index contributed by atoms with van der Waals surface area (Å²) in [7, 11) is 0. The molecule has 15 heavy (non-hydrogen) atoms. The molecule has 0 aliphatic carbocycles. The lowest BCUT2D eigenvalue weighted by Crippen LogP contribution is -1.89. The first-order valence-electron chi connectivity index (χ1n) is 4.98. The van der Waals surface area contributed by atoms with Crippen LogP contribution in [-0.2, 0) is 4.79 Å². The van der Waals surface area contributed by atoms with Crippen molar-refractivity contribution in [2.45, 2.75) is 31.6 Å². The highest BCUT2D eigenvalue weighted by molar-refractivity contribution is 7.99. The molecule has 0 atom stereocenters. The SMILES string of the molecule is Cc1ccc(SCCCC(=O)Cl)c(C)c1. The van der Waals surface area contributed by atoms with Gasteiger partial charge in [-0.2, -0.15) is 0 Å². The van der Waals surface area contributed by atoms with Crippen molar-refractivity contribution in [3.63, 3.8) is 0 Å². The molecule has 0 bridgehead atoms. The van der Waals surface area contributed by atoms with Gasteiger partial charge in [0.1, 0.15) is 0 Å². The second-order valence-corrected chi connectivity index (χ2v) is 5.13. The van der Waals surface area contributed by atoms with Crippen LogP contribution in [0.25, 0.3) is 0 Å². The average Bonchev–Trinajstić information content (AvgIpc) is 2.14. The number of rotatable bonds is 5. The summed E-state index contributed by atoms with van der Waals surface area (Å²) in [5, 5.41) is -0.240. The van der Waals surface area contributed by atoms with Crippen LogP contribution < -0.4 is 0 Å². The van der Waals surface area contributed by atoms with Gasteiger partial charge in [-0.3, -0.25) is 4.79 Å². The van der Waals surface area contributed by atoms with Crippen molar-refractivity contribution in [1.29, 1.82) is 0 Å². The Kier molecular flexibility index (Phi) is 5.20. The van der Waals surface area contributed by atoms with Crippen LogP contribution in [0.3, 0.4) is 0 Å². The van der Waals surface area contributed by atoms with Gasteiger partial charge < -0.3 is 0 Å². The van der Waals surface area contributed by atoms with E-state index in [4.69, 9.17) is 11.6 Å².